The van der Waals surface area contributed by atoms with Gasteiger partial charge in [0.1, 0.15) is 15.7 Å². The first-order chi connectivity index (χ1) is 11.3. The van der Waals surface area contributed by atoms with Gasteiger partial charge in [0.25, 0.3) is 5.91 Å². The largest absolute Gasteiger partial charge is 0.448 e. The fraction of sp³-hybridized carbons (Fsp3) is 0.200. The molecule has 0 saturated carbocycles. The second kappa shape index (κ2) is 7.18. The van der Waals surface area contributed by atoms with Crippen molar-refractivity contribution in [1.29, 1.82) is 0 Å². The van der Waals surface area contributed by atoms with Crippen LogP contribution in [0.1, 0.15) is 22.3 Å². The predicted octanol–water partition coefficient (Wildman–Crippen LogP) is 2.00. The summed E-state index contributed by atoms with van der Waals surface area (Å²) in [6.07, 6.45) is -1.19. The van der Waals surface area contributed by atoms with Crippen LogP contribution < -0.4 is 11.1 Å². The van der Waals surface area contributed by atoms with Gasteiger partial charge in [0.2, 0.25) is 0 Å². The molecule has 2 rings (SSSR count). The van der Waals surface area contributed by atoms with Gasteiger partial charge in [0.05, 0.1) is 5.69 Å². The SMILES string of the molecule is Cc1nc(-c2ccc(F)cc2)sc1C(=O)O[C@H](C)C(=O)NC(N)=O. The Bertz CT molecular complexity index is 789. The minimum atomic E-state index is -1.19. The number of imide groups is 1. The lowest BCUT2D eigenvalue weighted by atomic mass is 10.2. The van der Waals surface area contributed by atoms with Crippen LogP contribution in [0.4, 0.5) is 9.18 Å². The number of hydrogen-bond donors (Lipinski definition) is 2. The second-order valence-corrected chi connectivity index (χ2v) is 5.84. The van der Waals surface area contributed by atoms with Crippen molar-refractivity contribution in [3.05, 3.63) is 40.7 Å². The Morgan fingerprint density at radius 1 is 1.29 bits per heavy atom. The van der Waals surface area contributed by atoms with Crippen molar-refractivity contribution in [1.82, 2.24) is 10.3 Å². The first-order valence-corrected chi connectivity index (χ1v) is 7.64. The molecular weight excluding hydrogens is 337 g/mol. The van der Waals surface area contributed by atoms with Crippen LogP contribution in [0.5, 0.6) is 0 Å². The zero-order valence-electron chi connectivity index (χ0n) is 12.8. The van der Waals surface area contributed by atoms with Crippen LogP contribution in [0.15, 0.2) is 24.3 Å². The number of nitrogens with two attached hydrogens (primary N) is 1. The van der Waals surface area contributed by atoms with E-state index in [-0.39, 0.29) is 10.7 Å². The molecule has 7 nitrogen and oxygen atoms in total. The van der Waals surface area contributed by atoms with Gasteiger partial charge in [-0.2, -0.15) is 0 Å². The first-order valence-electron chi connectivity index (χ1n) is 6.82. The number of benzene rings is 1. The average Bonchev–Trinajstić information content (AvgIpc) is 2.89. The van der Waals surface area contributed by atoms with Crippen molar-refractivity contribution in [3.8, 4) is 10.6 Å². The van der Waals surface area contributed by atoms with Crippen LogP contribution in [-0.2, 0) is 9.53 Å². The minimum Gasteiger partial charge on any atom is -0.448 e. The topological polar surface area (TPSA) is 111 Å². The van der Waals surface area contributed by atoms with Crippen molar-refractivity contribution in [2.45, 2.75) is 20.0 Å². The van der Waals surface area contributed by atoms with E-state index < -0.39 is 24.0 Å². The van der Waals surface area contributed by atoms with Crippen LogP contribution >= 0.6 is 11.3 Å². The summed E-state index contributed by atoms with van der Waals surface area (Å²) in [5.41, 5.74) is 5.91. The Morgan fingerprint density at radius 3 is 2.50 bits per heavy atom. The van der Waals surface area contributed by atoms with Gasteiger partial charge in [-0.05, 0) is 38.1 Å². The molecule has 0 spiro atoms. The van der Waals surface area contributed by atoms with E-state index in [0.29, 0.717) is 16.3 Å². The van der Waals surface area contributed by atoms with E-state index >= 15 is 0 Å². The fourth-order valence-electron chi connectivity index (χ4n) is 1.79. The minimum absolute atomic E-state index is 0.216. The number of amides is 3. The van der Waals surface area contributed by atoms with Gasteiger partial charge in [0, 0.05) is 5.56 Å². The summed E-state index contributed by atoms with van der Waals surface area (Å²) in [7, 11) is 0. The highest BCUT2D eigenvalue weighted by Crippen LogP contribution is 2.28. The highest BCUT2D eigenvalue weighted by Gasteiger charge is 2.23. The number of ether oxygens (including phenoxy) is 1. The van der Waals surface area contributed by atoms with Crippen molar-refractivity contribution >= 4 is 29.2 Å². The third-order valence-corrected chi connectivity index (χ3v) is 4.16. The Balaban J connectivity index is 2.14. The number of esters is 1. The molecule has 9 heteroatoms. The lowest BCUT2D eigenvalue weighted by molar-refractivity contribution is -0.127. The molecule has 2 aromatic rings. The zero-order chi connectivity index (χ0) is 17.9. The molecule has 0 bridgehead atoms. The molecule has 0 aliphatic heterocycles. The van der Waals surface area contributed by atoms with Crippen LogP contribution in [0.3, 0.4) is 0 Å². The highest BCUT2D eigenvalue weighted by molar-refractivity contribution is 7.17. The molecule has 3 N–H and O–H groups in total. The Kier molecular flexibility index (Phi) is 5.24. The predicted molar refractivity (Wildman–Crippen MR) is 84.8 cm³/mol. The summed E-state index contributed by atoms with van der Waals surface area (Å²) < 4.78 is 18.0. The summed E-state index contributed by atoms with van der Waals surface area (Å²) in [5.74, 6) is -1.94. The number of hydrogen-bond acceptors (Lipinski definition) is 6. The lowest BCUT2D eigenvalue weighted by Crippen LogP contribution is -2.42. The number of carbonyl (C=O) groups excluding carboxylic acids is 3. The zero-order valence-corrected chi connectivity index (χ0v) is 13.6. The van der Waals surface area contributed by atoms with E-state index in [4.69, 9.17) is 10.5 Å². The van der Waals surface area contributed by atoms with Crippen LogP contribution in [0, 0.1) is 12.7 Å². The molecular formula is C15H14FN3O4S. The molecule has 1 atom stereocenters. The maximum absolute atomic E-state index is 13.0. The lowest BCUT2D eigenvalue weighted by Gasteiger charge is -2.11. The number of aryl methyl sites for hydroxylation is 1. The highest BCUT2D eigenvalue weighted by atomic mass is 32.1. The third kappa shape index (κ3) is 4.13. The number of primary amides is 1. The smallest absolute Gasteiger partial charge is 0.351 e. The molecule has 0 fully saturated rings. The Labute approximate surface area is 140 Å². The average molecular weight is 351 g/mol. The normalized spacial score (nSPS) is 11.6. The van der Waals surface area contributed by atoms with Gasteiger partial charge in [-0.3, -0.25) is 10.1 Å². The van der Waals surface area contributed by atoms with Crippen LogP contribution in [0.2, 0.25) is 0 Å². The summed E-state index contributed by atoms with van der Waals surface area (Å²) in [5, 5.41) is 2.35. The number of nitrogens with one attached hydrogen (secondary N) is 1. The molecule has 24 heavy (non-hydrogen) atoms. The third-order valence-electron chi connectivity index (χ3n) is 2.97. The first kappa shape index (κ1) is 17.5. The molecule has 0 saturated heterocycles. The van der Waals surface area contributed by atoms with Crippen molar-refractivity contribution in [2.75, 3.05) is 0 Å². The van der Waals surface area contributed by atoms with E-state index in [1.807, 2.05) is 5.32 Å². The Hall–Kier alpha value is -2.81. The number of carbonyl (C=O) groups is 3. The van der Waals surface area contributed by atoms with Gasteiger partial charge in [0.15, 0.2) is 6.10 Å². The monoisotopic (exact) mass is 351 g/mol. The maximum atomic E-state index is 13.0. The molecule has 1 aromatic carbocycles. The molecule has 1 heterocycles. The number of aromatic nitrogens is 1. The maximum Gasteiger partial charge on any atom is 0.351 e. The summed E-state index contributed by atoms with van der Waals surface area (Å²) in [6.45, 7) is 2.93. The van der Waals surface area contributed by atoms with E-state index in [2.05, 4.69) is 4.98 Å². The second-order valence-electron chi connectivity index (χ2n) is 4.84. The summed E-state index contributed by atoms with van der Waals surface area (Å²) in [6, 6.07) is 4.65. The van der Waals surface area contributed by atoms with Gasteiger partial charge in [-0.25, -0.2) is 19.0 Å². The molecule has 1 aromatic heterocycles. The van der Waals surface area contributed by atoms with Crippen LogP contribution in [-0.4, -0.2) is 29.0 Å². The number of urea groups is 1. The van der Waals surface area contributed by atoms with Crippen LogP contribution in [0.25, 0.3) is 10.6 Å². The van der Waals surface area contributed by atoms with E-state index in [1.165, 1.54) is 19.1 Å². The van der Waals surface area contributed by atoms with E-state index in [9.17, 15) is 18.8 Å². The van der Waals surface area contributed by atoms with Gasteiger partial charge >= 0.3 is 12.0 Å². The standard InChI is InChI=1S/C15H14FN3O4S/c1-7-11(14(21)23-8(2)12(20)19-15(17)22)24-13(18-7)9-3-5-10(16)6-4-9/h3-6,8H,1-2H3,(H3,17,19,20,22)/t8-/m1/s1. The molecule has 0 aliphatic rings. The van der Waals surface area contributed by atoms with Gasteiger partial charge in [-0.15, -0.1) is 11.3 Å². The van der Waals surface area contributed by atoms with Gasteiger partial charge in [-0.1, -0.05) is 0 Å². The number of nitrogens with zero attached hydrogens (tertiary/aromatic N) is 1. The number of halogens is 1. The van der Waals surface area contributed by atoms with Crippen molar-refractivity contribution in [3.63, 3.8) is 0 Å². The van der Waals surface area contributed by atoms with E-state index in [0.717, 1.165) is 11.3 Å². The number of thiazole rings is 1. The molecule has 126 valence electrons. The van der Waals surface area contributed by atoms with Gasteiger partial charge < -0.3 is 10.5 Å². The molecule has 0 unspecified atom stereocenters. The molecule has 3 amide bonds. The quantitative estimate of drug-likeness (QED) is 0.818. The fourth-order valence-corrected chi connectivity index (χ4v) is 2.75. The van der Waals surface area contributed by atoms with E-state index in [1.54, 1.807) is 19.1 Å². The Morgan fingerprint density at radius 2 is 1.92 bits per heavy atom. The number of rotatable bonds is 4. The summed E-state index contributed by atoms with van der Waals surface area (Å²) in [4.78, 5) is 38.8. The molecule has 0 radical (unpaired) electrons. The summed E-state index contributed by atoms with van der Waals surface area (Å²) >= 11 is 1.06. The van der Waals surface area contributed by atoms with Crippen molar-refractivity contribution < 1.29 is 23.5 Å². The molecule has 0 aliphatic carbocycles. The van der Waals surface area contributed by atoms with Crippen molar-refractivity contribution in [2.24, 2.45) is 5.73 Å².